The van der Waals surface area contributed by atoms with E-state index in [4.69, 9.17) is 0 Å². The van der Waals surface area contributed by atoms with E-state index in [-0.39, 0.29) is 11.3 Å². The molecule has 0 aromatic heterocycles. The van der Waals surface area contributed by atoms with Crippen molar-refractivity contribution in [1.29, 1.82) is 0 Å². The lowest BCUT2D eigenvalue weighted by Crippen LogP contribution is -2.46. The molecule has 2 atom stereocenters. The van der Waals surface area contributed by atoms with Gasteiger partial charge in [-0.05, 0) is 55.8 Å². The maximum atomic E-state index is 13.8. The second kappa shape index (κ2) is 9.21. The SMILES string of the molecule is Cc1ccc(S(=O)(=O)N(C2CC(=O)N(c3ccc(Br)cc3)C2=O)C(C)c2ccccc2)cc1. The van der Waals surface area contributed by atoms with Crippen LogP contribution in [0.15, 0.2) is 88.2 Å². The van der Waals surface area contributed by atoms with E-state index in [0.717, 1.165) is 20.5 Å². The molecule has 2 amide bonds. The first-order valence-corrected chi connectivity index (χ1v) is 12.7. The minimum atomic E-state index is -4.09. The number of carbonyl (C=O) groups is 2. The quantitative estimate of drug-likeness (QED) is 0.430. The molecule has 2 unspecified atom stereocenters. The normalized spacial score (nSPS) is 17.6. The molecule has 33 heavy (non-hydrogen) atoms. The average molecular weight is 527 g/mol. The van der Waals surface area contributed by atoms with Crippen LogP contribution in [0.25, 0.3) is 0 Å². The Bertz CT molecular complexity index is 1280. The topological polar surface area (TPSA) is 74.8 Å². The summed E-state index contributed by atoms with van der Waals surface area (Å²) in [6.45, 7) is 3.61. The molecule has 0 saturated carbocycles. The van der Waals surface area contributed by atoms with E-state index in [9.17, 15) is 18.0 Å². The lowest BCUT2D eigenvalue weighted by molar-refractivity contribution is -0.122. The van der Waals surface area contributed by atoms with Crippen molar-refractivity contribution in [2.24, 2.45) is 0 Å². The van der Waals surface area contributed by atoms with Gasteiger partial charge in [0.1, 0.15) is 6.04 Å². The second-order valence-electron chi connectivity index (χ2n) is 8.00. The number of halogens is 1. The molecular weight excluding hydrogens is 504 g/mol. The van der Waals surface area contributed by atoms with E-state index in [1.807, 2.05) is 37.3 Å². The number of amides is 2. The Kier molecular flexibility index (Phi) is 6.52. The van der Waals surface area contributed by atoms with Crippen molar-refractivity contribution in [2.45, 2.75) is 37.2 Å². The molecule has 1 fully saturated rings. The summed E-state index contributed by atoms with van der Waals surface area (Å²) in [6, 6.07) is 20.6. The molecule has 4 rings (SSSR count). The van der Waals surface area contributed by atoms with Gasteiger partial charge in [-0.2, -0.15) is 4.31 Å². The van der Waals surface area contributed by atoms with Crippen LogP contribution in [-0.2, 0) is 19.6 Å². The number of imide groups is 1. The Morgan fingerprint density at radius 3 is 2.15 bits per heavy atom. The van der Waals surface area contributed by atoms with Gasteiger partial charge in [0, 0.05) is 10.5 Å². The molecule has 0 radical (unpaired) electrons. The molecule has 0 N–H and O–H groups in total. The Labute approximate surface area is 202 Å². The fourth-order valence-electron chi connectivity index (χ4n) is 4.03. The molecule has 1 aliphatic rings. The molecular formula is C25H23BrN2O4S. The molecule has 0 spiro atoms. The number of benzene rings is 3. The van der Waals surface area contributed by atoms with Crippen LogP contribution >= 0.6 is 15.9 Å². The number of anilines is 1. The van der Waals surface area contributed by atoms with E-state index in [1.165, 1.54) is 16.4 Å². The van der Waals surface area contributed by atoms with Crippen molar-refractivity contribution in [1.82, 2.24) is 4.31 Å². The standard InChI is InChI=1S/C25H23BrN2O4S/c1-17-8-14-22(15-9-17)33(31,32)28(18(2)19-6-4-3-5-7-19)23-16-24(29)27(25(23)30)21-12-10-20(26)11-13-21/h3-15,18,23H,16H2,1-2H3. The minimum Gasteiger partial charge on any atom is -0.274 e. The Morgan fingerprint density at radius 2 is 1.55 bits per heavy atom. The van der Waals surface area contributed by atoms with Crippen LogP contribution in [0.1, 0.15) is 30.5 Å². The fraction of sp³-hybridized carbons (Fsp3) is 0.200. The van der Waals surface area contributed by atoms with E-state index in [0.29, 0.717) is 5.69 Å². The summed E-state index contributed by atoms with van der Waals surface area (Å²) in [4.78, 5) is 27.6. The number of nitrogens with zero attached hydrogens (tertiary/aromatic N) is 2. The molecule has 1 aliphatic heterocycles. The van der Waals surface area contributed by atoms with Gasteiger partial charge < -0.3 is 0 Å². The van der Waals surface area contributed by atoms with E-state index >= 15 is 0 Å². The maximum absolute atomic E-state index is 13.8. The third-order valence-corrected chi connectivity index (χ3v) is 8.30. The molecule has 0 aliphatic carbocycles. The zero-order valence-corrected chi connectivity index (χ0v) is 20.6. The highest BCUT2D eigenvalue weighted by molar-refractivity contribution is 9.10. The second-order valence-corrected chi connectivity index (χ2v) is 10.8. The van der Waals surface area contributed by atoms with Gasteiger partial charge in [-0.3, -0.25) is 9.59 Å². The molecule has 1 saturated heterocycles. The number of hydrogen-bond acceptors (Lipinski definition) is 4. The van der Waals surface area contributed by atoms with Gasteiger partial charge in [-0.15, -0.1) is 0 Å². The van der Waals surface area contributed by atoms with Crippen LogP contribution < -0.4 is 4.90 Å². The molecule has 3 aromatic carbocycles. The number of hydrogen-bond donors (Lipinski definition) is 0. The predicted octanol–water partition coefficient (Wildman–Crippen LogP) is 4.84. The van der Waals surface area contributed by atoms with Crippen LogP contribution in [0, 0.1) is 6.92 Å². The zero-order valence-electron chi connectivity index (χ0n) is 18.2. The molecule has 170 valence electrons. The lowest BCUT2D eigenvalue weighted by atomic mass is 10.1. The van der Waals surface area contributed by atoms with Gasteiger partial charge in [0.2, 0.25) is 15.9 Å². The molecule has 8 heteroatoms. The van der Waals surface area contributed by atoms with E-state index in [2.05, 4.69) is 15.9 Å². The highest BCUT2D eigenvalue weighted by Crippen LogP contribution is 2.35. The van der Waals surface area contributed by atoms with Crippen LogP contribution in [-0.4, -0.2) is 30.6 Å². The summed E-state index contributed by atoms with van der Waals surface area (Å²) in [6.07, 6.45) is -0.225. The number of sulfonamides is 1. The van der Waals surface area contributed by atoms with Crippen molar-refractivity contribution < 1.29 is 18.0 Å². The summed E-state index contributed by atoms with van der Waals surface area (Å²) in [5, 5.41) is 0. The summed E-state index contributed by atoms with van der Waals surface area (Å²) in [7, 11) is -4.09. The smallest absolute Gasteiger partial charge is 0.252 e. The highest BCUT2D eigenvalue weighted by atomic mass is 79.9. The van der Waals surface area contributed by atoms with Crippen molar-refractivity contribution in [3.8, 4) is 0 Å². The van der Waals surface area contributed by atoms with Crippen molar-refractivity contribution in [2.75, 3.05) is 4.90 Å². The summed E-state index contributed by atoms with van der Waals surface area (Å²) in [5.74, 6) is -0.988. The summed E-state index contributed by atoms with van der Waals surface area (Å²) in [5.41, 5.74) is 2.07. The van der Waals surface area contributed by atoms with E-state index < -0.39 is 33.9 Å². The van der Waals surface area contributed by atoms with Crippen LogP contribution in [0.4, 0.5) is 5.69 Å². The van der Waals surface area contributed by atoms with Crippen LogP contribution in [0.3, 0.4) is 0 Å². The number of carbonyl (C=O) groups excluding carboxylic acids is 2. The van der Waals surface area contributed by atoms with Crippen molar-refractivity contribution in [3.05, 3.63) is 94.5 Å². The zero-order chi connectivity index (χ0) is 23.8. The Morgan fingerprint density at radius 1 is 0.939 bits per heavy atom. The van der Waals surface area contributed by atoms with Gasteiger partial charge in [0.25, 0.3) is 5.91 Å². The third kappa shape index (κ3) is 4.51. The Hall–Kier alpha value is -2.81. The van der Waals surface area contributed by atoms with Crippen LogP contribution in [0.5, 0.6) is 0 Å². The van der Waals surface area contributed by atoms with Gasteiger partial charge in [-0.1, -0.05) is 64.0 Å². The van der Waals surface area contributed by atoms with Gasteiger partial charge in [-0.25, -0.2) is 13.3 Å². The van der Waals surface area contributed by atoms with Crippen molar-refractivity contribution in [3.63, 3.8) is 0 Å². The predicted molar refractivity (Wildman–Crippen MR) is 130 cm³/mol. The Balaban J connectivity index is 1.79. The summed E-state index contributed by atoms with van der Waals surface area (Å²) >= 11 is 3.35. The van der Waals surface area contributed by atoms with Gasteiger partial charge in [0.15, 0.2) is 0 Å². The average Bonchev–Trinajstić information content (AvgIpc) is 3.08. The maximum Gasteiger partial charge on any atom is 0.252 e. The minimum absolute atomic E-state index is 0.0817. The monoisotopic (exact) mass is 526 g/mol. The lowest BCUT2D eigenvalue weighted by Gasteiger charge is -2.32. The third-order valence-electron chi connectivity index (χ3n) is 5.77. The van der Waals surface area contributed by atoms with Gasteiger partial charge in [0.05, 0.1) is 17.0 Å². The first kappa shape index (κ1) is 23.4. The van der Waals surface area contributed by atoms with Crippen LogP contribution in [0.2, 0.25) is 0 Å². The number of aryl methyl sites for hydroxylation is 1. The highest BCUT2D eigenvalue weighted by Gasteiger charge is 2.48. The van der Waals surface area contributed by atoms with Gasteiger partial charge >= 0.3 is 0 Å². The molecule has 0 bridgehead atoms. The van der Waals surface area contributed by atoms with E-state index in [1.54, 1.807) is 43.3 Å². The fourth-order valence-corrected chi connectivity index (χ4v) is 6.06. The molecule has 6 nitrogen and oxygen atoms in total. The number of rotatable bonds is 6. The first-order valence-electron chi connectivity index (χ1n) is 10.5. The first-order chi connectivity index (χ1) is 15.7. The summed E-state index contributed by atoms with van der Waals surface area (Å²) < 4.78 is 29.6. The molecule has 3 aromatic rings. The largest absolute Gasteiger partial charge is 0.274 e. The molecule has 1 heterocycles. The van der Waals surface area contributed by atoms with Crippen molar-refractivity contribution >= 4 is 43.5 Å².